The van der Waals surface area contributed by atoms with Crippen LogP contribution in [0.15, 0.2) is 55.0 Å². The Labute approximate surface area is 178 Å². The van der Waals surface area contributed by atoms with Crippen LogP contribution >= 0.6 is 0 Å². The second-order valence-corrected chi connectivity index (χ2v) is 7.80. The number of hydrogen-bond acceptors (Lipinski definition) is 7. The fourth-order valence-corrected chi connectivity index (χ4v) is 3.67. The van der Waals surface area contributed by atoms with Gasteiger partial charge < -0.3 is 20.1 Å². The first-order chi connectivity index (χ1) is 15.1. The van der Waals surface area contributed by atoms with Gasteiger partial charge in [0, 0.05) is 29.7 Å². The third-order valence-corrected chi connectivity index (χ3v) is 5.59. The molecule has 31 heavy (non-hydrogen) atoms. The molecule has 3 N–H and O–H groups in total. The van der Waals surface area contributed by atoms with Crippen molar-refractivity contribution >= 4 is 16.9 Å². The number of aliphatic hydroxyl groups excluding tert-OH is 1. The summed E-state index contributed by atoms with van der Waals surface area (Å²) in [5.41, 5.74) is 4.15. The maximum absolute atomic E-state index is 12.5. The predicted molar refractivity (Wildman–Crippen MR) is 115 cm³/mol. The number of imidazole rings is 1. The second kappa shape index (κ2) is 7.57. The van der Waals surface area contributed by atoms with Crippen LogP contribution in [0.3, 0.4) is 0 Å². The number of aromatic nitrogens is 4. The molecule has 1 saturated heterocycles. The highest BCUT2D eigenvalue weighted by molar-refractivity contribution is 5.88. The van der Waals surface area contributed by atoms with Crippen LogP contribution in [-0.4, -0.2) is 50.7 Å². The van der Waals surface area contributed by atoms with Gasteiger partial charge in [0.05, 0.1) is 41.7 Å². The molecule has 0 amide bonds. The van der Waals surface area contributed by atoms with Crippen molar-refractivity contribution in [3.63, 3.8) is 0 Å². The van der Waals surface area contributed by atoms with Gasteiger partial charge in [-0.2, -0.15) is 0 Å². The number of benzene rings is 1. The maximum Gasteiger partial charge on any atom is 0.322 e. The largest absolute Gasteiger partial charge is 0.424 e. The van der Waals surface area contributed by atoms with Gasteiger partial charge in [-0.1, -0.05) is 12.1 Å². The zero-order valence-corrected chi connectivity index (χ0v) is 16.9. The lowest BCUT2D eigenvalue weighted by Gasteiger charge is -2.38. The molecule has 0 spiro atoms. The number of ether oxygens (including phenoxy) is 1. The number of pyridine rings is 2. The number of aliphatic hydroxyl groups is 1. The summed E-state index contributed by atoms with van der Waals surface area (Å²) < 4.78 is 5.52. The molecule has 5 rings (SSSR count). The number of nitrogens with one attached hydrogen (secondary N) is 2. The number of carbonyl (C=O) groups excluding carboxylic acids is 1. The summed E-state index contributed by atoms with van der Waals surface area (Å²) >= 11 is 0. The summed E-state index contributed by atoms with van der Waals surface area (Å²) in [7, 11) is 0. The Balaban J connectivity index is 1.48. The van der Waals surface area contributed by atoms with E-state index in [1.165, 1.54) is 6.20 Å². The Bertz CT molecular complexity index is 1270. The topological polar surface area (TPSA) is 113 Å². The zero-order valence-electron chi connectivity index (χ0n) is 16.9. The standard InChI is InChI=1S/C23H21N5O3/c1-14-3-2-4-19(28-14)21-20(26-13-27-21)15-5-6-18-16(7-15)8-17(9-25-18)31-22(30)23(12-29)10-24-11-23/h2-9,13,24,29H,10-12H2,1H3,(H,26,27). The minimum atomic E-state index is -0.873. The Morgan fingerprint density at radius 3 is 2.81 bits per heavy atom. The molecule has 0 atom stereocenters. The summed E-state index contributed by atoms with van der Waals surface area (Å²) in [6, 6.07) is 13.5. The monoisotopic (exact) mass is 415 g/mol. The Hall–Kier alpha value is -3.62. The Morgan fingerprint density at radius 2 is 2.06 bits per heavy atom. The van der Waals surface area contributed by atoms with Crippen LogP contribution in [0, 0.1) is 12.3 Å². The van der Waals surface area contributed by atoms with Crippen molar-refractivity contribution in [1.29, 1.82) is 0 Å². The van der Waals surface area contributed by atoms with Gasteiger partial charge in [-0.15, -0.1) is 0 Å². The number of aromatic amines is 1. The first-order valence-electron chi connectivity index (χ1n) is 9.99. The van der Waals surface area contributed by atoms with Gasteiger partial charge in [0.15, 0.2) is 0 Å². The highest BCUT2D eigenvalue weighted by Gasteiger charge is 2.45. The van der Waals surface area contributed by atoms with Crippen molar-refractivity contribution in [3.8, 4) is 28.4 Å². The minimum absolute atomic E-state index is 0.251. The molecule has 0 bridgehead atoms. The molecule has 1 fully saturated rings. The van der Waals surface area contributed by atoms with Crippen LogP contribution in [-0.2, 0) is 4.79 Å². The Kier molecular flexibility index (Phi) is 4.72. The molecule has 1 aliphatic rings. The van der Waals surface area contributed by atoms with E-state index in [9.17, 15) is 9.90 Å². The van der Waals surface area contributed by atoms with E-state index in [1.54, 1.807) is 12.4 Å². The number of H-pyrrole nitrogens is 1. The SMILES string of the molecule is Cc1cccc(-c2[nH]cnc2-c2ccc3ncc(OC(=O)C4(CO)CNC4)cc3c2)n1. The number of fused-ring (bicyclic) bond motifs is 1. The molecular weight excluding hydrogens is 394 g/mol. The van der Waals surface area contributed by atoms with Crippen molar-refractivity contribution in [2.45, 2.75) is 6.92 Å². The lowest BCUT2D eigenvalue weighted by Crippen LogP contribution is -2.61. The molecule has 4 aromatic rings. The van der Waals surface area contributed by atoms with E-state index in [0.29, 0.717) is 18.8 Å². The number of nitrogens with zero attached hydrogens (tertiary/aromatic N) is 3. The normalized spacial score (nSPS) is 14.9. The minimum Gasteiger partial charge on any atom is -0.424 e. The molecule has 1 aromatic carbocycles. The zero-order chi connectivity index (χ0) is 21.4. The van der Waals surface area contributed by atoms with Gasteiger partial charge in [0.1, 0.15) is 11.2 Å². The van der Waals surface area contributed by atoms with E-state index in [1.807, 2.05) is 43.3 Å². The van der Waals surface area contributed by atoms with Crippen LogP contribution in [0.5, 0.6) is 5.75 Å². The van der Waals surface area contributed by atoms with Crippen LogP contribution in [0.1, 0.15) is 5.69 Å². The summed E-state index contributed by atoms with van der Waals surface area (Å²) in [5.74, 6) is -0.108. The predicted octanol–water partition coefficient (Wildman–Crippen LogP) is 2.48. The number of aryl methyl sites for hydroxylation is 1. The number of carbonyl (C=O) groups is 1. The fourth-order valence-electron chi connectivity index (χ4n) is 3.67. The van der Waals surface area contributed by atoms with Gasteiger partial charge in [0.25, 0.3) is 0 Å². The smallest absolute Gasteiger partial charge is 0.322 e. The second-order valence-electron chi connectivity index (χ2n) is 7.80. The molecule has 0 aliphatic carbocycles. The van der Waals surface area contributed by atoms with Gasteiger partial charge in [0.2, 0.25) is 0 Å². The number of esters is 1. The van der Waals surface area contributed by atoms with E-state index in [0.717, 1.165) is 39.2 Å². The fraction of sp³-hybridized carbons (Fsp3) is 0.217. The van der Waals surface area contributed by atoms with E-state index in [-0.39, 0.29) is 6.61 Å². The van der Waals surface area contributed by atoms with Crippen molar-refractivity contribution in [2.75, 3.05) is 19.7 Å². The third kappa shape index (κ3) is 3.45. The van der Waals surface area contributed by atoms with E-state index in [2.05, 4.69) is 25.3 Å². The Morgan fingerprint density at radius 1 is 1.19 bits per heavy atom. The van der Waals surface area contributed by atoms with Crippen LogP contribution in [0.4, 0.5) is 0 Å². The van der Waals surface area contributed by atoms with Gasteiger partial charge in [-0.3, -0.25) is 14.8 Å². The summed E-state index contributed by atoms with van der Waals surface area (Å²) in [5, 5.41) is 13.4. The average Bonchev–Trinajstić information content (AvgIpc) is 3.23. The van der Waals surface area contributed by atoms with Crippen molar-refractivity contribution < 1.29 is 14.6 Å². The van der Waals surface area contributed by atoms with E-state index >= 15 is 0 Å². The number of rotatable bonds is 5. The molecular formula is C23H21N5O3. The van der Waals surface area contributed by atoms with Gasteiger partial charge >= 0.3 is 5.97 Å². The maximum atomic E-state index is 12.5. The summed E-state index contributed by atoms with van der Waals surface area (Å²) in [6.07, 6.45) is 3.17. The molecule has 0 saturated carbocycles. The van der Waals surface area contributed by atoms with Gasteiger partial charge in [-0.05, 0) is 37.3 Å². The molecule has 1 aliphatic heterocycles. The van der Waals surface area contributed by atoms with Crippen molar-refractivity contribution in [1.82, 2.24) is 25.3 Å². The molecule has 8 heteroatoms. The molecule has 156 valence electrons. The highest BCUT2D eigenvalue weighted by atomic mass is 16.5. The number of hydrogen-bond donors (Lipinski definition) is 3. The lowest BCUT2D eigenvalue weighted by atomic mass is 9.83. The first kappa shape index (κ1) is 19.3. The first-order valence-corrected chi connectivity index (χ1v) is 9.99. The van der Waals surface area contributed by atoms with Crippen LogP contribution < -0.4 is 10.1 Å². The van der Waals surface area contributed by atoms with E-state index in [4.69, 9.17) is 4.74 Å². The average molecular weight is 415 g/mol. The van der Waals surface area contributed by atoms with Crippen LogP contribution in [0.25, 0.3) is 33.5 Å². The molecule has 0 radical (unpaired) electrons. The molecule has 4 heterocycles. The van der Waals surface area contributed by atoms with Crippen molar-refractivity contribution in [2.24, 2.45) is 5.41 Å². The third-order valence-electron chi connectivity index (χ3n) is 5.59. The molecule has 8 nitrogen and oxygen atoms in total. The van der Waals surface area contributed by atoms with Crippen molar-refractivity contribution in [3.05, 3.63) is 60.7 Å². The summed E-state index contributed by atoms with van der Waals surface area (Å²) in [4.78, 5) is 29.2. The van der Waals surface area contributed by atoms with E-state index < -0.39 is 11.4 Å². The lowest BCUT2D eigenvalue weighted by molar-refractivity contribution is -0.152. The quantitative estimate of drug-likeness (QED) is 0.429. The molecule has 3 aromatic heterocycles. The highest BCUT2D eigenvalue weighted by Crippen LogP contribution is 2.31. The molecule has 0 unspecified atom stereocenters. The van der Waals surface area contributed by atoms with Gasteiger partial charge in [-0.25, -0.2) is 4.98 Å². The van der Waals surface area contributed by atoms with Crippen LogP contribution in [0.2, 0.25) is 0 Å². The summed E-state index contributed by atoms with van der Waals surface area (Å²) in [6.45, 7) is 2.51.